The van der Waals surface area contributed by atoms with Crippen LogP contribution < -0.4 is 4.74 Å². The van der Waals surface area contributed by atoms with Gasteiger partial charge in [-0.25, -0.2) is 9.18 Å². The minimum atomic E-state index is -1.21. The molecule has 9 heteroatoms. The fraction of sp³-hybridized carbons (Fsp3) is 0.407. The predicted molar refractivity (Wildman–Crippen MR) is 134 cm³/mol. The summed E-state index contributed by atoms with van der Waals surface area (Å²) in [5.41, 5.74) is 1.26. The molecular formula is C27H31FN4O4. The number of carbonyl (C=O) groups is 2. The second-order valence-corrected chi connectivity index (χ2v) is 9.83. The molecule has 5 rings (SSSR count). The lowest BCUT2D eigenvalue weighted by Gasteiger charge is -2.42. The number of aromatic amines is 1. The monoisotopic (exact) mass is 494 g/mol. The molecule has 0 spiro atoms. The second kappa shape index (κ2) is 8.81. The topological polar surface area (TPSA) is 89.1 Å². The van der Waals surface area contributed by atoms with Crippen LogP contribution in [0.15, 0.2) is 36.4 Å². The lowest BCUT2D eigenvalue weighted by atomic mass is 9.81. The molecule has 3 aromatic rings. The first kappa shape index (κ1) is 24.1. The standard InChI is InChI=1S/C27H31FN4O4/c1-5-30(3)12-7-13-31-25(34)27(2)15-18-21-19(10-11-20(36-4)22(21)28)29-23(18)24(32(27)26(31)35)16-8-6-9-17(33)14-16/h6,8-11,14,24,29,33H,5,7,12-13,15H2,1-4H3. The van der Waals surface area contributed by atoms with Crippen molar-refractivity contribution in [1.29, 1.82) is 0 Å². The molecule has 1 fully saturated rings. The van der Waals surface area contributed by atoms with E-state index >= 15 is 4.39 Å². The third kappa shape index (κ3) is 3.52. The Labute approximate surface area is 209 Å². The van der Waals surface area contributed by atoms with Crippen LogP contribution in [0.1, 0.15) is 43.1 Å². The van der Waals surface area contributed by atoms with Crippen molar-refractivity contribution >= 4 is 22.8 Å². The van der Waals surface area contributed by atoms with Gasteiger partial charge in [-0.3, -0.25) is 14.6 Å². The summed E-state index contributed by atoms with van der Waals surface area (Å²) in [6, 6.07) is 8.85. The molecule has 3 amide bonds. The van der Waals surface area contributed by atoms with E-state index in [1.165, 1.54) is 12.0 Å². The molecule has 0 radical (unpaired) electrons. The van der Waals surface area contributed by atoms with E-state index in [1.807, 2.05) is 7.05 Å². The van der Waals surface area contributed by atoms with Gasteiger partial charge in [-0.2, -0.15) is 0 Å². The lowest BCUT2D eigenvalue weighted by molar-refractivity contribution is -0.133. The zero-order chi connectivity index (χ0) is 25.8. The summed E-state index contributed by atoms with van der Waals surface area (Å²) in [6.07, 6.45) is 0.820. The van der Waals surface area contributed by atoms with Gasteiger partial charge in [-0.1, -0.05) is 19.1 Å². The molecule has 36 heavy (non-hydrogen) atoms. The van der Waals surface area contributed by atoms with Crippen LogP contribution in [0, 0.1) is 5.82 Å². The van der Waals surface area contributed by atoms with Crippen LogP contribution >= 0.6 is 0 Å². The van der Waals surface area contributed by atoms with Crippen LogP contribution in [0.5, 0.6) is 11.5 Å². The first-order valence-electron chi connectivity index (χ1n) is 12.2. The van der Waals surface area contributed by atoms with E-state index < -0.39 is 17.4 Å². The molecule has 2 aliphatic heterocycles. The van der Waals surface area contributed by atoms with Crippen molar-refractivity contribution in [3.8, 4) is 11.5 Å². The number of carbonyl (C=O) groups excluding carboxylic acids is 2. The van der Waals surface area contributed by atoms with E-state index in [0.717, 1.165) is 13.1 Å². The number of methoxy groups -OCH3 is 1. The molecule has 2 aliphatic rings. The molecule has 0 bridgehead atoms. The van der Waals surface area contributed by atoms with E-state index in [0.29, 0.717) is 40.7 Å². The number of phenols is 1. The summed E-state index contributed by atoms with van der Waals surface area (Å²) in [5, 5.41) is 10.6. The fourth-order valence-corrected chi connectivity index (χ4v) is 5.60. The van der Waals surface area contributed by atoms with Gasteiger partial charge in [0.15, 0.2) is 11.6 Å². The molecule has 0 aliphatic carbocycles. The average Bonchev–Trinajstić information content (AvgIpc) is 3.31. The third-order valence-corrected chi connectivity index (χ3v) is 7.60. The second-order valence-electron chi connectivity index (χ2n) is 9.83. The smallest absolute Gasteiger partial charge is 0.328 e. The van der Waals surface area contributed by atoms with Gasteiger partial charge in [-0.15, -0.1) is 0 Å². The maximum Gasteiger partial charge on any atom is 0.328 e. The molecule has 2 atom stereocenters. The third-order valence-electron chi connectivity index (χ3n) is 7.60. The van der Waals surface area contributed by atoms with Crippen LogP contribution in [0.25, 0.3) is 10.9 Å². The average molecular weight is 495 g/mol. The number of aromatic hydroxyl groups is 1. The summed E-state index contributed by atoms with van der Waals surface area (Å²) in [4.78, 5) is 36.0. The van der Waals surface area contributed by atoms with Crippen molar-refractivity contribution in [3.05, 3.63) is 59.0 Å². The van der Waals surface area contributed by atoms with E-state index in [9.17, 15) is 14.7 Å². The Morgan fingerprint density at radius 2 is 2.06 bits per heavy atom. The van der Waals surface area contributed by atoms with Crippen molar-refractivity contribution in [2.45, 2.75) is 38.3 Å². The van der Waals surface area contributed by atoms with E-state index in [1.54, 1.807) is 48.2 Å². The van der Waals surface area contributed by atoms with Crippen molar-refractivity contribution < 1.29 is 23.8 Å². The van der Waals surface area contributed by atoms with Crippen LogP contribution in [0.2, 0.25) is 0 Å². The number of aromatic nitrogens is 1. The quantitative estimate of drug-likeness (QED) is 0.484. The minimum Gasteiger partial charge on any atom is -0.508 e. The van der Waals surface area contributed by atoms with Crippen molar-refractivity contribution in [2.24, 2.45) is 0 Å². The number of urea groups is 1. The Hall–Kier alpha value is -3.59. The molecule has 2 N–H and O–H groups in total. The van der Waals surface area contributed by atoms with Gasteiger partial charge in [0.2, 0.25) is 0 Å². The molecule has 8 nitrogen and oxygen atoms in total. The molecule has 190 valence electrons. The number of phenolic OH excluding ortho intramolecular Hbond substituents is 1. The minimum absolute atomic E-state index is 0.0442. The SMILES string of the molecule is CCN(C)CCCN1C(=O)N2C(c3cccc(O)c3)c3[nH]c4ccc(OC)c(F)c4c3CC2(C)C1=O. The first-order valence-corrected chi connectivity index (χ1v) is 12.2. The number of amides is 3. The molecule has 2 aromatic carbocycles. The number of ether oxygens (including phenoxy) is 1. The van der Waals surface area contributed by atoms with E-state index in [-0.39, 0.29) is 29.9 Å². The lowest BCUT2D eigenvalue weighted by Crippen LogP contribution is -2.53. The molecule has 1 saturated heterocycles. The Morgan fingerprint density at radius 1 is 1.28 bits per heavy atom. The normalized spacial score (nSPS) is 21.4. The van der Waals surface area contributed by atoms with Gasteiger partial charge in [0, 0.05) is 29.6 Å². The van der Waals surface area contributed by atoms with Crippen LogP contribution in [-0.2, 0) is 11.2 Å². The maximum atomic E-state index is 15.5. The molecule has 2 unspecified atom stereocenters. The highest BCUT2D eigenvalue weighted by Crippen LogP contribution is 2.49. The summed E-state index contributed by atoms with van der Waals surface area (Å²) >= 11 is 0. The van der Waals surface area contributed by atoms with E-state index in [2.05, 4.69) is 16.8 Å². The highest BCUT2D eigenvalue weighted by Gasteiger charge is 2.60. The molecular weight excluding hydrogens is 463 g/mol. The molecule has 1 aromatic heterocycles. The Morgan fingerprint density at radius 3 is 2.75 bits per heavy atom. The van der Waals surface area contributed by atoms with Crippen LogP contribution in [-0.4, -0.2) is 76.1 Å². The fourth-order valence-electron chi connectivity index (χ4n) is 5.60. The Kier molecular flexibility index (Phi) is 5.90. The molecule has 0 saturated carbocycles. The van der Waals surface area contributed by atoms with Crippen molar-refractivity contribution in [3.63, 3.8) is 0 Å². The van der Waals surface area contributed by atoms with Gasteiger partial charge in [0.05, 0.1) is 7.11 Å². The van der Waals surface area contributed by atoms with Gasteiger partial charge < -0.3 is 19.7 Å². The zero-order valence-corrected chi connectivity index (χ0v) is 21.0. The number of fused-ring (bicyclic) bond motifs is 4. The number of imide groups is 1. The zero-order valence-electron chi connectivity index (χ0n) is 21.0. The van der Waals surface area contributed by atoms with E-state index in [4.69, 9.17) is 4.74 Å². The number of H-pyrrole nitrogens is 1. The first-order chi connectivity index (χ1) is 17.2. The maximum absolute atomic E-state index is 15.5. The van der Waals surface area contributed by atoms with Gasteiger partial charge in [0.25, 0.3) is 5.91 Å². The van der Waals surface area contributed by atoms with Crippen molar-refractivity contribution in [2.75, 3.05) is 33.8 Å². The number of benzene rings is 2. The summed E-state index contributed by atoms with van der Waals surface area (Å²) in [6.45, 7) is 5.75. The summed E-state index contributed by atoms with van der Waals surface area (Å²) in [5.74, 6) is -0.639. The predicted octanol–water partition coefficient (Wildman–Crippen LogP) is 4.03. The molecule has 3 heterocycles. The van der Waals surface area contributed by atoms with Gasteiger partial charge in [-0.05, 0) is 68.9 Å². The number of hydrogen-bond acceptors (Lipinski definition) is 5. The van der Waals surface area contributed by atoms with Crippen LogP contribution in [0.4, 0.5) is 9.18 Å². The largest absolute Gasteiger partial charge is 0.508 e. The summed E-state index contributed by atoms with van der Waals surface area (Å²) < 4.78 is 20.7. The van der Waals surface area contributed by atoms with Crippen LogP contribution in [0.3, 0.4) is 0 Å². The Balaban J connectivity index is 1.66. The number of hydrogen-bond donors (Lipinski definition) is 2. The number of nitrogens with one attached hydrogen (secondary N) is 1. The van der Waals surface area contributed by atoms with Gasteiger partial charge in [0.1, 0.15) is 17.3 Å². The summed E-state index contributed by atoms with van der Waals surface area (Å²) in [7, 11) is 3.41. The Bertz CT molecular complexity index is 1360. The highest BCUT2D eigenvalue weighted by atomic mass is 19.1. The number of halogens is 1. The van der Waals surface area contributed by atoms with Crippen molar-refractivity contribution in [1.82, 2.24) is 19.7 Å². The number of nitrogens with zero attached hydrogens (tertiary/aromatic N) is 3. The highest BCUT2D eigenvalue weighted by molar-refractivity contribution is 6.08. The number of rotatable bonds is 7. The van der Waals surface area contributed by atoms with Gasteiger partial charge >= 0.3 is 6.03 Å².